The van der Waals surface area contributed by atoms with Crippen molar-refractivity contribution in [3.8, 4) is 17.6 Å². The van der Waals surface area contributed by atoms with E-state index in [0.717, 1.165) is 0 Å². The summed E-state index contributed by atoms with van der Waals surface area (Å²) in [5.41, 5.74) is 0.705. The van der Waals surface area contributed by atoms with E-state index >= 15 is 0 Å². The van der Waals surface area contributed by atoms with Crippen LogP contribution in [0.1, 0.15) is 5.56 Å². The summed E-state index contributed by atoms with van der Waals surface area (Å²) < 4.78 is 4.94. The number of carbonyl (C=O) groups excluding carboxylic acids is 1. The van der Waals surface area contributed by atoms with E-state index in [1.165, 1.54) is 43.5 Å². The van der Waals surface area contributed by atoms with Crippen molar-refractivity contribution in [2.75, 3.05) is 12.4 Å². The first-order valence-electron chi connectivity index (χ1n) is 6.69. The van der Waals surface area contributed by atoms with Crippen molar-refractivity contribution in [1.29, 1.82) is 5.26 Å². The van der Waals surface area contributed by atoms with Gasteiger partial charge in [0.15, 0.2) is 11.5 Å². The van der Waals surface area contributed by atoms with Crippen LogP contribution >= 0.6 is 23.2 Å². The lowest BCUT2D eigenvalue weighted by Gasteiger charge is -2.06. The van der Waals surface area contributed by atoms with E-state index in [1.54, 1.807) is 6.07 Å². The van der Waals surface area contributed by atoms with Crippen LogP contribution in [0, 0.1) is 11.3 Å². The summed E-state index contributed by atoms with van der Waals surface area (Å²) in [5, 5.41) is 22.2. The zero-order valence-corrected chi connectivity index (χ0v) is 14.0. The molecule has 0 bridgehead atoms. The molecule has 2 aromatic carbocycles. The molecular weight excluding hydrogens is 351 g/mol. The lowest BCUT2D eigenvalue weighted by Crippen LogP contribution is -2.13. The van der Waals surface area contributed by atoms with Crippen molar-refractivity contribution in [2.24, 2.45) is 0 Å². The van der Waals surface area contributed by atoms with Gasteiger partial charge in [-0.15, -0.1) is 0 Å². The van der Waals surface area contributed by atoms with Gasteiger partial charge in [0.05, 0.1) is 7.11 Å². The van der Waals surface area contributed by atoms with Crippen molar-refractivity contribution in [3.05, 3.63) is 57.6 Å². The minimum Gasteiger partial charge on any atom is -0.504 e. The van der Waals surface area contributed by atoms with Crippen molar-refractivity contribution in [2.45, 2.75) is 0 Å². The van der Waals surface area contributed by atoms with Crippen LogP contribution in [0.4, 0.5) is 5.69 Å². The number of carbonyl (C=O) groups is 1. The molecule has 0 aliphatic carbocycles. The smallest absolute Gasteiger partial charge is 0.266 e. The first kappa shape index (κ1) is 17.7. The van der Waals surface area contributed by atoms with Gasteiger partial charge in [0.2, 0.25) is 0 Å². The van der Waals surface area contributed by atoms with E-state index in [4.69, 9.17) is 27.9 Å². The Morgan fingerprint density at radius 1 is 1.25 bits per heavy atom. The maximum Gasteiger partial charge on any atom is 0.266 e. The average molecular weight is 363 g/mol. The Hall–Kier alpha value is -2.68. The molecule has 122 valence electrons. The van der Waals surface area contributed by atoms with Gasteiger partial charge in [0.1, 0.15) is 11.6 Å². The molecule has 0 aliphatic rings. The van der Waals surface area contributed by atoms with E-state index in [9.17, 15) is 15.2 Å². The third kappa shape index (κ3) is 4.42. The summed E-state index contributed by atoms with van der Waals surface area (Å²) in [5.74, 6) is -0.416. The second kappa shape index (κ2) is 7.73. The van der Waals surface area contributed by atoms with E-state index in [0.29, 0.717) is 27.0 Å². The summed E-state index contributed by atoms with van der Waals surface area (Å²) in [6.07, 6.45) is 1.35. The molecule has 0 spiro atoms. The van der Waals surface area contributed by atoms with Gasteiger partial charge in [-0.3, -0.25) is 4.79 Å². The van der Waals surface area contributed by atoms with Gasteiger partial charge in [0, 0.05) is 15.7 Å². The number of hydrogen-bond acceptors (Lipinski definition) is 4. The third-order valence-electron chi connectivity index (χ3n) is 3.00. The fourth-order valence-electron chi connectivity index (χ4n) is 1.94. The topological polar surface area (TPSA) is 82.3 Å². The number of aromatic hydroxyl groups is 1. The van der Waals surface area contributed by atoms with Gasteiger partial charge in [-0.1, -0.05) is 29.3 Å². The van der Waals surface area contributed by atoms with Crippen LogP contribution < -0.4 is 10.1 Å². The highest BCUT2D eigenvalue weighted by Crippen LogP contribution is 2.27. The molecule has 0 atom stereocenters. The molecule has 1 amide bonds. The van der Waals surface area contributed by atoms with E-state index < -0.39 is 5.91 Å². The standard InChI is InChI=1S/C17H12Cl2N2O3/c1-24-16-3-2-10(5-15(16)22)4-11(9-20)17(23)21-14-7-12(18)6-13(19)8-14/h2-8,22H,1H3,(H,21,23)/b11-4+. The van der Waals surface area contributed by atoms with Crippen molar-refractivity contribution in [3.63, 3.8) is 0 Å². The minimum atomic E-state index is -0.619. The number of phenolic OH excluding ortho intramolecular Hbond substituents is 1. The Morgan fingerprint density at radius 2 is 1.92 bits per heavy atom. The average Bonchev–Trinajstić information content (AvgIpc) is 2.51. The molecular formula is C17H12Cl2N2O3. The number of nitrogens with one attached hydrogen (secondary N) is 1. The molecule has 24 heavy (non-hydrogen) atoms. The first-order valence-corrected chi connectivity index (χ1v) is 7.45. The highest BCUT2D eigenvalue weighted by Gasteiger charge is 2.11. The molecule has 0 radical (unpaired) electrons. The minimum absolute atomic E-state index is 0.0921. The largest absolute Gasteiger partial charge is 0.504 e. The summed E-state index contributed by atoms with van der Waals surface area (Å²) in [7, 11) is 1.43. The molecule has 2 rings (SSSR count). The number of nitriles is 1. The van der Waals surface area contributed by atoms with Gasteiger partial charge in [-0.05, 0) is 42.0 Å². The van der Waals surface area contributed by atoms with E-state index in [1.807, 2.05) is 6.07 Å². The van der Waals surface area contributed by atoms with E-state index in [-0.39, 0.29) is 11.3 Å². The van der Waals surface area contributed by atoms with Gasteiger partial charge in [-0.2, -0.15) is 5.26 Å². The molecule has 5 nitrogen and oxygen atoms in total. The lowest BCUT2D eigenvalue weighted by molar-refractivity contribution is -0.112. The predicted octanol–water partition coefficient (Wildman–Crippen LogP) is 4.25. The normalized spacial score (nSPS) is 10.8. The Kier molecular flexibility index (Phi) is 5.69. The van der Waals surface area contributed by atoms with Gasteiger partial charge in [0.25, 0.3) is 5.91 Å². The third-order valence-corrected chi connectivity index (χ3v) is 3.44. The molecule has 0 heterocycles. The van der Waals surface area contributed by atoms with Gasteiger partial charge in [-0.25, -0.2) is 0 Å². The number of amides is 1. The molecule has 0 aromatic heterocycles. The first-order chi connectivity index (χ1) is 11.4. The summed E-state index contributed by atoms with van der Waals surface area (Å²) >= 11 is 11.7. The molecule has 0 aliphatic heterocycles. The Morgan fingerprint density at radius 3 is 2.46 bits per heavy atom. The van der Waals surface area contributed by atoms with Crippen molar-refractivity contribution >= 4 is 40.9 Å². The zero-order valence-electron chi connectivity index (χ0n) is 12.5. The van der Waals surface area contributed by atoms with E-state index in [2.05, 4.69) is 5.32 Å². The molecule has 2 aromatic rings. The number of methoxy groups -OCH3 is 1. The van der Waals surface area contributed by atoms with Crippen LogP contribution in [0.3, 0.4) is 0 Å². The number of anilines is 1. The number of ether oxygens (including phenoxy) is 1. The number of benzene rings is 2. The molecule has 0 saturated carbocycles. The molecule has 0 saturated heterocycles. The fraction of sp³-hybridized carbons (Fsp3) is 0.0588. The summed E-state index contributed by atoms with van der Waals surface area (Å²) in [6.45, 7) is 0. The Balaban J connectivity index is 2.25. The lowest BCUT2D eigenvalue weighted by atomic mass is 10.1. The van der Waals surface area contributed by atoms with Crippen LogP contribution in [0.15, 0.2) is 42.0 Å². The fourth-order valence-corrected chi connectivity index (χ4v) is 2.46. The number of nitrogens with zero attached hydrogens (tertiary/aromatic N) is 1. The number of halogens is 2. The molecule has 0 unspecified atom stereocenters. The summed E-state index contributed by atoms with van der Waals surface area (Å²) in [6, 6.07) is 10.9. The van der Waals surface area contributed by atoms with Crippen LogP contribution in [-0.4, -0.2) is 18.1 Å². The number of rotatable bonds is 4. The Labute approximate surface area is 148 Å². The van der Waals surface area contributed by atoms with Crippen LogP contribution in [0.2, 0.25) is 10.0 Å². The maximum atomic E-state index is 12.2. The monoisotopic (exact) mass is 362 g/mol. The van der Waals surface area contributed by atoms with Crippen molar-refractivity contribution in [1.82, 2.24) is 0 Å². The van der Waals surface area contributed by atoms with Crippen molar-refractivity contribution < 1.29 is 14.6 Å². The molecule has 0 fully saturated rings. The van der Waals surface area contributed by atoms with Crippen LogP contribution in [0.5, 0.6) is 11.5 Å². The second-order valence-electron chi connectivity index (χ2n) is 4.71. The highest BCUT2D eigenvalue weighted by atomic mass is 35.5. The zero-order chi connectivity index (χ0) is 17.7. The Bertz CT molecular complexity index is 837. The van der Waals surface area contributed by atoms with Gasteiger partial charge < -0.3 is 15.2 Å². The highest BCUT2D eigenvalue weighted by molar-refractivity contribution is 6.35. The quantitative estimate of drug-likeness (QED) is 0.628. The molecule has 7 heteroatoms. The van der Waals surface area contributed by atoms with Gasteiger partial charge >= 0.3 is 0 Å². The summed E-state index contributed by atoms with van der Waals surface area (Å²) in [4.78, 5) is 12.2. The SMILES string of the molecule is COc1ccc(/C=C(\C#N)C(=O)Nc2cc(Cl)cc(Cl)c2)cc1O. The van der Waals surface area contributed by atoms with Crippen LogP contribution in [0.25, 0.3) is 6.08 Å². The number of phenols is 1. The second-order valence-corrected chi connectivity index (χ2v) is 5.59. The number of hydrogen-bond donors (Lipinski definition) is 2. The predicted molar refractivity (Wildman–Crippen MR) is 93.3 cm³/mol. The van der Waals surface area contributed by atoms with Crippen LogP contribution in [-0.2, 0) is 4.79 Å². The maximum absolute atomic E-state index is 12.2. The molecule has 2 N–H and O–H groups in total.